The topological polar surface area (TPSA) is 38.3 Å². The van der Waals surface area contributed by atoms with Crippen LogP contribution in [0.5, 0.6) is 0 Å². The molecule has 0 saturated heterocycles. The normalized spacial score (nSPS) is 10.3. The van der Waals surface area contributed by atoms with Gasteiger partial charge in [0.05, 0.1) is 13.2 Å². The first kappa shape index (κ1) is 12.7. The van der Waals surface area contributed by atoms with E-state index in [9.17, 15) is 4.79 Å². The van der Waals surface area contributed by atoms with E-state index in [1.165, 1.54) is 4.88 Å². The third kappa shape index (κ3) is 5.30. The Morgan fingerprint density at radius 1 is 1.67 bits per heavy atom. The van der Waals surface area contributed by atoms with E-state index in [1.807, 2.05) is 0 Å². The van der Waals surface area contributed by atoms with E-state index >= 15 is 0 Å². The molecule has 0 amide bonds. The Hall–Kier alpha value is -0.390. The number of halogens is 1. The number of ether oxygens (including phenoxy) is 1. The second kappa shape index (κ2) is 6.98. The van der Waals surface area contributed by atoms with Crippen LogP contribution in [0.25, 0.3) is 0 Å². The summed E-state index contributed by atoms with van der Waals surface area (Å²) in [6.45, 7) is 3.34. The summed E-state index contributed by atoms with van der Waals surface area (Å²) in [7, 11) is 0. The van der Waals surface area contributed by atoms with Gasteiger partial charge in [-0.1, -0.05) is 0 Å². The number of carbonyl (C=O) groups is 1. The Balaban J connectivity index is 2.09. The molecule has 0 aliphatic carbocycles. The summed E-state index contributed by atoms with van der Waals surface area (Å²) in [4.78, 5) is 12.3. The highest BCUT2D eigenvalue weighted by Gasteiger charge is 2.01. The van der Waals surface area contributed by atoms with Crippen molar-refractivity contribution in [1.29, 1.82) is 0 Å². The third-order valence-corrected chi connectivity index (χ3v) is 3.50. The molecule has 0 radical (unpaired) electrons. The molecule has 1 aromatic heterocycles. The minimum Gasteiger partial charge on any atom is -0.465 e. The van der Waals surface area contributed by atoms with Gasteiger partial charge in [-0.15, -0.1) is 11.3 Å². The van der Waals surface area contributed by atoms with Crippen molar-refractivity contribution < 1.29 is 9.53 Å². The molecule has 0 aliphatic heterocycles. The largest absolute Gasteiger partial charge is 0.465 e. The first-order valence-electron chi connectivity index (χ1n) is 4.81. The average Bonchev–Trinajstić information content (AvgIpc) is 2.60. The van der Waals surface area contributed by atoms with Gasteiger partial charge in [0.2, 0.25) is 0 Å². The fourth-order valence-corrected chi connectivity index (χ4v) is 2.55. The van der Waals surface area contributed by atoms with Crippen LogP contribution >= 0.6 is 27.3 Å². The highest BCUT2D eigenvalue weighted by Crippen LogP contribution is 2.19. The van der Waals surface area contributed by atoms with Gasteiger partial charge >= 0.3 is 5.97 Å². The maximum absolute atomic E-state index is 11.0. The van der Waals surface area contributed by atoms with E-state index in [4.69, 9.17) is 4.74 Å². The van der Waals surface area contributed by atoms with Crippen LogP contribution in [0, 0.1) is 0 Å². The first-order valence-corrected chi connectivity index (χ1v) is 6.49. The zero-order valence-electron chi connectivity index (χ0n) is 8.59. The van der Waals surface area contributed by atoms with E-state index in [0.717, 1.165) is 17.4 Å². The summed E-state index contributed by atoms with van der Waals surface area (Å²) < 4.78 is 5.91. The van der Waals surface area contributed by atoms with Crippen LogP contribution in [-0.4, -0.2) is 25.7 Å². The molecule has 3 nitrogen and oxygen atoms in total. The Labute approximate surface area is 102 Å². The lowest BCUT2D eigenvalue weighted by Crippen LogP contribution is -2.26. The standard InChI is InChI=1S/C10H14BrNO2S/c1-2-14-10(13)6-12-4-3-9-5-8(11)7-15-9/h5,7,12H,2-4,6H2,1H3. The van der Waals surface area contributed by atoms with Gasteiger partial charge in [-0.3, -0.25) is 4.79 Å². The molecule has 1 heterocycles. The van der Waals surface area contributed by atoms with Crippen LogP contribution in [0.3, 0.4) is 0 Å². The van der Waals surface area contributed by atoms with Crippen molar-refractivity contribution in [3.63, 3.8) is 0 Å². The van der Waals surface area contributed by atoms with E-state index in [-0.39, 0.29) is 5.97 Å². The van der Waals surface area contributed by atoms with Crippen LogP contribution in [-0.2, 0) is 16.0 Å². The predicted molar refractivity (Wildman–Crippen MR) is 65.2 cm³/mol. The number of rotatable bonds is 6. The molecule has 1 N–H and O–H groups in total. The number of hydrogen-bond acceptors (Lipinski definition) is 4. The summed E-state index contributed by atoms with van der Waals surface area (Å²) in [6, 6.07) is 2.09. The Morgan fingerprint density at radius 2 is 2.47 bits per heavy atom. The van der Waals surface area contributed by atoms with Crippen LogP contribution in [0.4, 0.5) is 0 Å². The van der Waals surface area contributed by atoms with Crippen LogP contribution in [0.2, 0.25) is 0 Å². The van der Waals surface area contributed by atoms with E-state index < -0.39 is 0 Å². The zero-order valence-corrected chi connectivity index (χ0v) is 11.0. The highest BCUT2D eigenvalue weighted by molar-refractivity contribution is 9.10. The molecule has 84 valence electrons. The molecular weight excluding hydrogens is 278 g/mol. The van der Waals surface area contributed by atoms with Gasteiger partial charge in [-0.05, 0) is 35.3 Å². The molecule has 15 heavy (non-hydrogen) atoms. The second-order valence-electron chi connectivity index (χ2n) is 2.96. The number of carbonyl (C=O) groups excluding carboxylic acids is 1. The Morgan fingerprint density at radius 3 is 3.07 bits per heavy atom. The van der Waals surface area contributed by atoms with Gasteiger partial charge in [0, 0.05) is 21.3 Å². The van der Waals surface area contributed by atoms with Crippen molar-refractivity contribution in [2.75, 3.05) is 19.7 Å². The summed E-state index contributed by atoms with van der Waals surface area (Å²) in [6.07, 6.45) is 0.940. The van der Waals surface area contributed by atoms with Gasteiger partial charge in [-0.2, -0.15) is 0 Å². The van der Waals surface area contributed by atoms with Crippen LogP contribution < -0.4 is 5.32 Å². The lowest BCUT2D eigenvalue weighted by molar-refractivity contribution is -0.141. The van der Waals surface area contributed by atoms with Crippen molar-refractivity contribution in [3.05, 3.63) is 20.8 Å². The quantitative estimate of drug-likeness (QED) is 0.645. The van der Waals surface area contributed by atoms with Gasteiger partial charge < -0.3 is 10.1 Å². The molecule has 0 aliphatic rings. The number of hydrogen-bond donors (Lipinski definition) is 1. The average molecular weight is 292 g/mol. The summed E-state index contributed by atoms with van der Waals surface area (Å²) in [5.41, 5.74) is 0. The number of nitrogens with one attached hydrogen (secondary N) is 1. The predicted octanol–water partition coefficient (Wildman–Crippen LogP) is 2.21. The van der Waals surface area contributed by atoms with Crippen LogP contribution in [0.15, 0.2) is 15.9 Å². The van der Waals surface area contributed by atoms with E-state index in [0.29, 0.717) is 13.2 Å². The summed E-state index contributed by atoms with van der Waals surface area (Å²) >= 11 is 5.12. The van der Waals surface area contributed by atoms with Crippen molar-refractivity contribution >= 4 is 33.2 Å². The van der Waals surface area contributed by atoms with Crippen molar-refractivity contribution in [2.45, 2.75) is 13.3 Å². The smallest absolute Gasteiger partial charge is 0.319 e. The Bertz CT molecular complexity index is 314. The third-order valence-electron chi connectivity index (χ3n) is 1.74. The molecule has 1 rings (SSSR count). The molecule has 5 heteroatoms. The lowest BCUT2D eigenvalue weighted by Gasteiger charge is -2.03. The molecule has 1 aromatic rings. The highest BCUT2D eigenvalue weighted by atomic mass is 79.9. The van der Waals surface area contributed by atoms with Crippen molar-refractivity contribution in [3.8, 4) is 0 Å². The Kier molecular flexibility index (Phi) is 5.90. The fourth-order valence-electron chi connectivity index (χ4n) is 1.10. The monoisotopic (exact) mass is 291 g/mol. The van der Waals surface area contributed by atoms with E-state index in [1.54, 1.807) is 18.3 Å². The second-order valence-corrected chi connectivity index (χ2v) is 4.87. The molecule has 0 spiro atoms. The van der Waals surface area contributed by atoms with Gasteiger partial charge in [0.1, 0.15) is 0 Å². The molecule has 0 bridgehead atoms. The minimum absolute atomic E-state index is 0.190. The van der Waals surface area contributed by atoms with Gasteiger partial charge in [-0.25, -0.2) is 0 Å². The summed E-state index contributed by atoms with van der Waals surface area (Å²) in [5, 5.41) is 5.10. The van der Waals surface area contributed by atoms with E-state index in [2.05, 4.69) is 32.7 Å². The summed E-state index contributed by atoms with van der Waals surface area (Å²) in [5.74, 6) is -0.190. The molecular formula is C10H14BrNO2S. The SMILES string of the molecule is CCOC(=O)CNCCc1cc(Br)cs1. The van der Waals surface area contributed by atoms with Crippen molar-refractivity contribution in [1.82, 2.24) is 5.32 Å². The fraction of sp³-hybridized carbons (Fsp3) is 0.500. The maximum atomic E-state index is 11.0. The molecule has 0 aromatic carbocycles. The minimum atomic E-state index is -0.190. The van der Waals surface area contributed by atoms with Crippen LogP contribution in [0.1, 0.15) is 11.8 Å². The molecule has 0 fully saturated rings. The molecule has 0 atom stereocenters. The van der Waals surface area contributed by atoms with Gasteiger partial charge in [0.25, 0.3) is 0 Å². The zero-order chi connectivity index (χ0) is 11.1. The van der Waals surface area contributed by atoms with Crippen molar-refractivity contribution in [2.24, 2.45) is 0 Å². The lowest BCUT2D eigenvalue weighted by atomic mass is 10.3. The maximum Gasteiger partial charge on any atom is 0.319 e. The molecule has 0 unspecified atom stereocenters. The number of thiophene rings is 1. The number of esters is 1. The first-order chi connectivity index (χ1) is 7.22. The van der Waals surface area contributed by atoms with Gasteiger partial charge in [0.15, 0.2) is 0 Å². The molecule has 0 saturated carbocycles.